The lowest BCUT2D eigenvalue weighted by molar-refractivity contribution is -0.150. The van der Waals surface area contributed by atoms with Gasteiger partial charge in [-0.15, -0.1) is 0 Å². The van der Waals surface area contributed by atoms with Gasteiger partial charge in [0, 0.05) is 25.5 Å². The third-order valence-corrected chi connectivity index (χ3v) is 11.3. The van der Waals surface area contributed by atoms with Gasteiger partial charge in [0.1, 0.15) is 17.6 Å². The average molecular weight is 846 g/mol. The monoisotopic (exact) mass is 846 g/mol. The highest BCUT2D eigenvalue weighted by molar-refractivity contribution is 5.69. The number of hydrogen-bond donors (Lipinski definition) is 0. The summed E-state index contributed by atoms with van der Waals surface area (Å²) in [5.74, 6) is 1.60. The average Bonchev–Trinajstić information content (AvgIpc) is 3.23. The molecule has 1 aromatic rings. The molecule has 0 aromatic heterocycles. The molecule has 0 amide bonds. The molecular formula is C52H95NO7. The van der Waals surface area contributed by atoms with E-state index in [1.807, 2.05) is 6.07 Å². The van der Waals surface area contributed by atoms with E-state index in [-0.39, 0.29) is 18.0 Å². The first-order valence-corrected chi connectivity index (χ1v) is 25.3. The van der Waals surface area contributed by atoms with E-state index in [4.69, 9.17) is 23.7 Å². The van der Waals surface area contributed by atoms with Crippen molar-refractivity contribution >= 4 is 11.9 Å². The third kappa shape index (κ3) is 36.3. The minimum atomic E-state index is -0.0427. The van der Waals surface area contributed by atoms with Crippen LogP contribution in [0.5, 0.6) is 11.5 Å². The van der Waals surface area contributed by atoms with Crippen LogP contribution in [0, 0.1) is 0 Å². The van der Waals surface area contributed by atoms with E-state index in [1.165, 1.54) is 103 Å². The number of carbonyl (C=O) groups excluding carboxylic acids is 2. The van der Waals surface area contributed by atoms with Gasteiger partial charge in [-0.1, -0.05) is 156 Å². The Morgan fingerprint density at radius 1 is 0.483 bits per heavy atom. The lowest BCUT2D eigenvalue weighted by Crippen LogP contribution is -2.18. The number of nitrogens with zero attached hydrogens (tertiary/aromatic N) is 1. The number of esters is 2. The Morgan fingerprint density at radius 2 is 0.900 bits per heavy atom. The molecular weight excluding hydrogens is 751 g/mol. The van der Waals surface area contributed by atoms with E-state index in [2.05, 4.69) is 51.9 Å². The molecule has 0 spiro atoms. The summed E-state index contributed by atoms with van der Waals surface area (Å²) < 4.78 is 29.9. The van der Waals surface area contributed by atoms with Gasteiger partial charge in [-0.2, -0.15) is 0 Å². The summed E-state index contributed by atoms with van der Waals surface area (Å²) in [7, 11) is 4.10. The van der Waals surface area contributed by atoms with Gasteiger partial charge >= 0.3 is 11.9 Å². The van der Waals surface area contributed by atoms with Gasteiger partial charge in [-0.3, -0.25) is 9.59 Å². The van der Waals surface area contributed by atoms with Gasteiger partial charge in [-0.05, 0) is 89.6 Å². The largest absolute Gasteiger partial charge is 0.493 e. The zero-order valence-corrected chi connectivity index (χ0v) is 40.0. The van der Waals surface area contributed by atoms with Crippen molar-refractivity contribution in [1.82, 2.24) is 4.90 Å². The highest BCUT2D eigenvalue weighted by Gasteiger charge is 2.14. The van der Waals surface area contributed by atoms with E-state index in [9.17, 15) is 9.59 Å². The molecule has 350 valence electrons. The second-order valence-corrected chi connectivity index (χ2v) is 17.6. The number of ether oxygens (including phenoxy) is 5. The van der Waals surface area contributed by atoms with Crippen LogP contribution in [-0.4, -0.2) is 70.0 Å². The Hall–Kier alpha value is -2.32. The molecule has 60 heavy (non-hydrogen) atoms. The highest BCUT2D eigenvalue weighted by Crippen LogP contribution is 2.25. The molecule has 0 atom stereocenters. The maximum Gasteiger partial charge on any atom is 0.306 e. The fourth-order valence-electron chi connectivity index (χ4n) is 7.45. The van der Waals surface area contributed by atoms with Crippen LogP contribution in [0.4, 0.5) is 0 Å². The first kappa shape index (κ1) is 55.7. The topological polar surface area (TPSA) is 83.5 Å². The molecule has 0 radical (unpaired) electrons. The zero-order chi connectivity index (χ0) is 43.6. The summed E-state index contributed by atoms with van der Waals surface area (Å²) in [6.07, 6.45) is 35.9. The maximum atomic E-state index is 12.8. The van der Waals surface area contributed by atoms with Gasteiger partial charge in [0.15, 0.2) is 0 Å². The minimum absolute atomic E-state index is 0.00247. The van der Waals surface area contributed by atoms with Crippen molar-refractivity contribution in [2.45, 2.75) is 239 Å². The maximum absolute atomic E-state index is 12.8. The summed E-state index contributed by atoms with van der Waals surface area (Å²) in [4.78, 5) is 26.9. The molecule has 0 aliphatic rings. The van der Waals surface area contributed by atoms with E-state index in [0.29, 0.717) is 45.9 Å². The summed E-state index contributed by atoms with van der Waals surface area (Å²) in [5, 5.41) is 0. The lowest BCUT2D eigenvalue weighted by atomic mass is 10.0. The van der Waals surface area contributed by atoms with Crippen LogP contribution in [0.2, 0.25) is 0 Å². The van der Waals surface area contributed by atoms with Crippen molar-refractivity contribution in [3.8, 4) is 11.5 Å². The van der Waals surface area contributed by atoms with Gasteiger partial charge in [0.05, 0.1) is 33.0 Å². The number of unbranched alkanes of at least 4 members (excludes halogenated alkanes) is 23. The smallest absolute Gasteiger partial charge is 0.306 e. The van der Waals surface area contributed by atoms with Crippen molar-refractivity contribution in [2.75, 3.05) is 47.1 Å². The fraction of sp³-hybridized carbons (Fsp3) is 0.846. The molecule has 0 N–H and O–H groups in total. The zero-order valence-electron chi connectivity index (χ0n) is 40.0. The number of carbonyl (C=O) groups is 2. The Labute approximate surface area is 370 Å². The van der Waals surface area contributed by atoms with Crippen molar-refractivity contribution < 1.29 is 33.3 Å². The standard InChI is InChI=1S/C52H95NO7/c1-6-9-12-15-20-27-34-48(35-28-21-16-13-10-7-2)60-52(55)37-30-23-18-24-31-39-57-49-43-47(46-56-42-38-53(4)5)44-50(45-49)58-40-32-25-19-26-33-41-59-51(54)36-29-22-17-14-11-8-3/h43-45,48H,6-42,46H2,1-5H3. The van der Waals surface area contributed by atoms with Crippen LogP contribution < -0.4 is 9.47 Å². The SMILES string of the molecule is CCCCCCCCC(=O)OCCCCCCCOc1cc(COCCN(C)C)cc(OCCCCCCCC(=O)OC(CCCCCCCC)CCCCCCCC)c1. The first-order chi connectivity index (χ1) is 29.4. The lowest BCUT2D eigenvalue weighted by Gasteiger charge is -2.18. The Bertz CT molecular complexity index is 1100. The Kier molecular flexibility index (Phi) is 39.0. The van der Waals surface area contributed by atoms with Crippen LogP contribution in [-0.2, 0) is 30.4 Å². The minimum Gasteiger partial charge on any atom is -0.493 e. The predicted octanol–water partition coefficient (Wildman–Crippen LogP) is 14.5. The number of hydrogen-bond acceptors (Lipinski definition) is 8. The van der Waals surface area contributed by atoms with E-state index in [1.54, 1.807) is 0 Å². The van der Waals surface area contributed by atoms with Gasteiger partial charge < -0.3 is 28.6 Å². The van der Waals surface area contributed by atoms with E-state index < -0.39 is 0 Å². The van der Waals surface area contributed by atoms with Crippen LogP contribution in [0.3, 0.4) is 0 Å². The molecule has 0 saturated heterocycles. The Balaban J connectivity index is 2.36. The molecule has 0 unspecified atom stereocenters. The predicted molar refractivity (Wildman–Crippen MR) is 251 cm³/mol. The van der Waals surface area contributed by atoms with Crippen molar-refractivity contribution in [1.29, 1.82) is 0 Å². The molecule has 0 fully saturated rings. The van der Waals surface area contributed by atoms with Gasteiger partial charge in [-0.25, -0.2) is 0 Å². The van der Waals surface area contributed by atoms with Gasteiger partial charge in [0.2, 0.25) is 0 Å². The van der Waals surface area contributed by atoms with Crippen LogP contribution in [0.1, 0.15) is 232 Å². The first-order valence-electron chi connectivity index (χ1n) is 25.3. The summed E-state index contributed by atoms with van der Waals surface area (Å²) in [5.41, 5.74) is 1.06. The second kappa shape index (κ2) is 42.0. The molecule has 0 saturated carbocycles. The van der Waals surface area contributed by atoms with E-state index >= 15 is 0 Å². The molecule has 8 nitrogen and oxygen atoms in total. The molecule has 8 heteroatoms. The summed E-state index contributed by atoms with van der Waals surface area (Å²) in [6, 6.07) is 6.14. The van der Waals surface area contributed by atoms with Crippen LogP contribution in [0.15, 0.2) is 18.2 Å². The summed E-state index contributed by atoms with van der Waals surface area (Å²) >= 11 is 0. The summed E-state index contributed by atoms with van der Waals surface area (Å²) in [6.45, 7) is 10.7. The molecule has 1 aromatic carbocycles. The molecule has 0 bridgehead atoms. The fourth-order valence-corrected chi connectivity index (χ4v) is 7.45. The molecule has 0 heterocycles. The number of rotatable bonds is 45. The van der Waals surface area contributed by atoms with Crippen molar-refractivity contribution in [3.05, 3.63) is 23.8 Å². The molecule has 0 aliphatic heterocycles. The molecule has 1 rings (SSSR count). The van der Waals surface area contributed by atoms with Gasteiger partial charge in [0.25, 0.3) is 0 Å². The van der Waals surface area contributed by atoms with Crippen LogP contribution in [0.25, 0.3) is 0 Å². The normalized spacial score (nSPS) is 11.4. The second-order valence-electron chi connectivity index (χ2n) is 17.6. The Morgan fingerprint density at radius 3 is 1.38 bits per heavy atom. The quantitative estimate of drug-likeness (QED) is 0.0474. The molecule has 0 aliphatic carbocycles. The van der Waals surface area contributed by atoms with Crippen molar-refractivity contribution in [3.63, 3.8) is 0 Å². The van der Waals surface area contributed by atoms with Crippen molar-refractivity contribution in [2.24, 2.45) is 0 Å². The third-order valence-electron chi connectivity index (χ3n) is 11.3. The number of likely N-dealkylation sites (N-methyl/N-ethyl adjacent to an activating group) is 1. The number of benzene rings is 1. The highest BCUT2D eigenvalue weighted by atomic mass is 16.5. The van der Waals surface area contributed by atoms with E-state index in [0.717, 1.165) is 113 Å². The van der Waals surface area contributed by atoms with Crippen LogP contribution >= 0.6 is 0 Å².